The quantitative estimate of drug-likeness (QED) is 0.359. The van der Waals surface area contributed by atoms with E-state index in [0.29, 0.717) is 0 Å². The van der Waals surface area contributed by atoms with Gasteiger partial charge in [0, 0.05) is 29.0 Å². The smallest absolute Gasteiger partial charge is 0.290 e. The van der Waals surface area contributed by atoms with Gasteiger partial charge in [0.15, 0.2) is 16.8 Å². The summed E-state index contributed by atoms with van der Waals surface area (Å²) in [5.41, 5.74) is 0.101. The molecule has 2 N–H and O–H groups in total. The third-order valence-corrected chi connectivity index (χ3v) is 6.98. The maximum atomic E-state index is 13.9. The summed E-state index contributed by atoms with van der Waals surface area (Å²) in [7, 11) is -3.97. The molecule has 3 aromatic rings. The highest BCUT2D eigenvalue weighted by Crippen LogP contribution is 2.27. The lowest BCUT2D eigenvalue weighted by Crippen LogP contribution is -2.18. The molecule has 2 aromatic heterocycles. The van der Waals surface area contributed by atoms with Gasteiger partial charge in [0.1, 0.15) is 11.9 Å². The Morgan fingerprint density at radius 1 is 1.33 bits per heavy atom. The molecule has 0 spiro atoms. The predicted molar refractivity (Wildman–Crippen MR) is 108 cm³/mol. The lowest BCUT2D eigenvalue weighted by atomic mass is 10.2. The van der Waals surface area contributed by atoms with Crippen LogP contribution in [0.2, 0.25) is 0 Å². The van der Waals surface area contributed by atoms with Gasteiger partial charge in [-0.2, -0.15) is 13.4 Å². The van der Waals surface area contributed by atoms with Crippen molar-refractivity contribution in [1.29, 1.82) is 0 Å². The van der Waals surface area contributed by atoms with Crippen LogP contribution in [0.5, 0.6) is 5.88 Å². The van der Waals surface area contributed by atoms with Crippen molar-refractivity contribution >= 4 is 38.9 Å². The molecule has 0 amide bonds. The summed E-state index contributed by atoms with van der Waals surface area (Å²) in [5.74, 6) is -2.04. The Morgan fingerprint density at radius 2 is 2.13 bits per heavy atom. The number of nitrogens with one attached hydrogen (secondary N) is 1. The average molecular weight is 475 g/mol. The van der Waals surface area contributed by atoms with E-state index in [-0.39, 0.29) is 39.1 Å². The first-order valence-electron chi connectivity index (χ1n) is 8.43. The van der Waals surface area contributed by atoms with E-state index in [2.05, 4.69) is 19.7 Å². The number of hydrogen-bond donors (Lipinski definition) is 2. The monoisotopic (exact) mass is 474 g/mol. The molecule has 160 valence electrons. The van der Waals surface area contributed by atoms with Crippen LogP contribution < -0.4 is 9.46 Å². The molecule has 1 unspecified atom stereocenters. The third-order valence-electron chi connectivity index (χ3n) is 3.53. The van der Waals surface area contributed by atoms with E-state index in [1.807, 2.05) is 0 Å². The molecule has 1 atom stereocenters. The summed E-state index contributed by atoms with van der Waals surface area (Å²) < 4.78 is 59.7. The van der Waals surface area contributed by atoms with Crippen molar-refractivity contribution < 1.29 is 27.0 Å². The van der Waals surface area contributed by atoms with Crippen LogP contribution in [0, 0.1) is 11.6 Å². The van der Waals surface area contributed by atoms with Gasteiger partial charge in [0.25, 0.3) is 10.0 Å². The van der Waals surface area contributed by atoms with Crippen molar-refractivity contribution in [2.45, 2.75) is 28.3 Å². The number of hydrogen-bond acceptors (Lipinski definition) is 9. The Balaban J connectivity index is 1.87. The fourth-order valence-corrected chi connectivity index (χ4v) is 4.80. The Morgan fingerprint density at radius 3 is 2.83 bits per heavy atom. The van der Waals surface area contributed by atoms with Crippen LogP contribution in [0.3, 0.4) is 0 Å². The van der Waals surface area contributed by atoms with Crippen molar-refractivity contribution in [2.75, 3.05) is 11.3 Å². The molecule has 13 heteroatoms. The van der Waals surface area contributed by atoms with E-state index >= 15 is 0 Å². The molecule has 0 aliphatic heterocycles. The van der Waals surface area contributed by atoms with E-state index in [1.165, 1.54) is 29.8 Å². The summed E-state index contributed by atoms with van der Waals surface area (Å²) in [6, 6.07) is 5.07. The number of thiazole rings is 1. The Kier molecular flexibility index (Phi) is 7.18. The number of halogens is 2. The number of nitrogens with zero attached hydrogens (tertiary/aromatic N) is 3. The zero-order valence-electron chi connectivity index (χ0n) is 15.4. The predicted octanol–water partition coefficient (Wildman–Crippen LogP) is 3.06. The largest absolute Gasteiger partial charge is 0.472 e. The minimum Gasteiger partial charge on any atom is -0.472 e. The molecule has 0 bridgehead atoms. The molecule has 0 fully saturated rings. The van der Waals surface area contributed by atoms with Crippen LogP contribution >= 0.6 is 23.1 Å². The maximum Gasteiger partial charge on any atom is 0.290 e. The highest BCUT2D eigenvalue weighted by Gasteiger charge is 2.20. The molecule has 0 aliphatic carbocycles. The zero-order chi connectivity index (χ0) is 21.7. The molecule has 0 aliphatic rings. The molecule has 2 heterocycles. The number of benzene rings is 1. The SMILES string of the molecule is CC(CO)Oc1cc(NS(=O)(=O)c2nccs2)nc(SCc2cccc(F)c2F)n1. The van der Waals surface area contributed by atoms with Gasteiger partial charge >= 0.3 is 0 Å². The van der Waals surface area contributed by atoms with E-state index in [0.717, 1.165) is 29.2 Å². The van der Waals surface area contributed by atoms with Crippen LogP contribution in [-0.4, -0.2) is 41.2 Å². The number of anilines is 1. The highest BCUT2D eigenvalue weighted by molar-refractivity contribution is 7.98. The summed E-state index contributed by atoms with van der Waals surface area (Å²) in [6.07, 6.45) is 0.743. The molecule has 0 saturated heterocycles. The standard InChI is InChI=1S/C17H16F2N4O4S3/c1-10(8-24)27-14-7-13(23-30(25,26)17-20-5-6-28-17)21-16(22-14)29-9-11-3-2-4-12(18)15(11)19/h2-7,10,24H,8-9H2,1H3,(H,21,22,23). The zero-order valence-corrected chi connectivity index (χ0v) is 17.9. The lowest BCUT2D eigenvalue weighted by molar-refractivity contribution is 0.124. The number of ether oxygens (including phenoxy) is 1. The molecule has 0 saturated carbocycles. The average Bonchev–Trinajstić information content (AvgIpc) is 3.24. The minimum absolute atomic E-state index is 0.00126. The first-order chi connectivity index (χ1) is 14.3. The number of aliphatic hydroxyl groups is 1. The molecular formula is C17H16F2N4O4S3. The second kappa shape index (κ2) is 9.64. The van der Waals surface area contributed by atoms with E-state index in [9.17, 15) is 22.3 Å². The van der Waals surface area contributed by atoms with Gasteiger partial charge in [-0.3, -0.25) is 4.72 Å². The maximum absolute atomic E-state index is 13.9. The Labute approximate surface area is 179 Å². The van der Waals surface area contributed by atoms with E-state index in [1.54, 1.807) is 6.92 Å². The minimum atomic E-state index is -3.97. The van der Waals surface area contributed by atoms with Crippen LogP contribution in [0.4, 0.5) is 14.6 Å². The first-order valence-corrected chi connectivity index (χ1v) is 11.8. The molecule has 8 nitrogen and oxygen atoms in total. The van der Waals surface area contributed by atoms with E-state index in [4.69, 9.17) is 4.74 Å². The van der Waals surface area contributed by atoms with Gasteiger partial charge in [0.05, 0.1) is 6.61 Å². The van der Waals surface area contributed by atoms with Crippen LogP contribution in [-0.2, 0) is 15.8 Å². The molecule has 1 aromatic carbocycles. The second-order valence-corrected chi connectivity index (χ2v) is 9.58. The lowest BCUT2D eigenvalue weighted by Gasteiger charge is -2.13. The van der Waals surface area contributed by atoms with Crippen molar-refractivity contribution in [2.24, 2.45) is 0 Å². The van der Waals surface area contributed by atoms with Gasteiger partial charge in [-0.05, 0) is 13.0 Å². The fraction of sp³-hybridized carbons (Fsp3) is 0.235. The number of thioether (sulfide) groups is 1. The van der Waals surface area contributed by atoms with Crippen LogP contribution in [0.25, 0.3) is 0 Å². The summed E-state index contributed by atoms with van der Waals surface area (Å²) >= 11 is 1.89. The summed E-state index contributed by atoms with van der Waals surface area (Å²) in [6.45, 7) is 1.30. The number of sulfonamides is 1. The van der Waals surface area contributed by atoms with Crippen molar-refractivity contribution in [3.05, 3.63) is 53.0 Å². The third kappa shape index (κ3) is 5.62. The Bertz CT molecular complexity index is 1110. The van der Waals surface area contributed by atoms with Crippen LogP contribution in [0.1, 0.15) is 12.5 Å². The molecule has 30 heavy (non-hydrogen) atoms. The topological polar surface area (TPSA) is 114 Å². The van der Waals surface area contributed by atoms with Gasteiger partial charge in [0.2, 0.25) is 10.2 Å². The molecule has 0 radical (unpaired) electrons. The van der Waals surface area contributed by atoms with Gasteiger partial charge in [-0.15, -0.1) is 11.3 Å². The van der Waals surface area contributed by atoms with Crippen LogP contribution in [0.15, 0.2) is 45.3 Å². The second-order valence-electron chi connectivity index (χ2n) is 5.89. The van der Waals surface area contributed by atoms with Gasteiger partial charge < -0.3 is 9.84 Å². The summed E-state index contributed by atoms with van der Waals surface area (Å²) in [4.78, 5) is 12.0. The molecule has 3 rings (SSSR count). The van der Waals surface area contributed by atoms with Crippen molar-refractivity contribution in [3.8, 4) is 5.88 Å². The normalized spacial score (nSPS) is 12.5. The van der Waals surface area contributed by atoms with Crippen molar-refractivity contribution in [1.82, 2.24) is 15.0 Å². The first kappa shape index (κ1) is 22.3. The van der Waals surface area contributed by atoms with Gasteiger partial charge in [-0.1, -0.05) is 23.9 Å². The number of aliphatic hydroxyl groups excluding tert-OH is 1. The highest BCUT2D eigenvalue weighted by atomic mass is 32.2. The Hall–Kier alpha value is -2.35. The van der Waals surface area contributed by atoms with E-state index < -0.39 is 27.8 Å². The molecular weight excluding hydrogens is 458 g/mol. The van der Waals surface area contributed by atoms with Crippen molar-refractivity contribution in [3.63, 3.8) is 0 Å². The summed E-state index contributed by atoms with van der Waals surface area (Å²) in [5, 5.41) is 10.8. The fourth-order valence-electron chi connectivity index (χ4n) is 2.15. The number of aromatic nitrogens is 3. The van der Waals surface area contributed by atoms with Gasteiger partial charge in [-0.25, -0.2) is 18.7 Å². The number of rotatable bonds is 9.